The highest BCUT2D eigenvalue weighted by Gasteiger charge is 2.23. The van der Waals surface area contributed by atoms with Crippen LogP contribution in [0.2, 0.25) is 0 Å². The van der Waals surface area contributed by atoms with E-state index in [1.54, 1.807) is 0 Å². The topological polar surface area (TPSA) is 46.9 Å². The Morgan fingerprint density at radius 1 is 1.15 bits per heavy atom. The van der Waals surface area contributed by atoms with Gasteiger partial charge in [0, 0.05) is 29.5 Å². The molecule has 3 aromatic heterocycles. The zero-order chi connectivity index (χ0) is 19.1. The molecule has 136 valence electrons. The quantitative estimate of drug-likeness (QED) is 0.526. The fraction of sp³-hybridized carbons (Fsp3) is 0.100. The first kappa shape index (κ1) is 17.4. The fourth-order valence-electron chi connectivity index (χ4n) is 3.08. The lowest BCUT2D eigenvalue weighted by Crippen LogP contribution is -2.14. The lowest BCUT2D eigenvalue weighted by Gasteiger charge is -2.09. The molecule has 4 aromatic rings. The number of rotatable bonds is 3. The Bertz CT molecular complexity index is 1170. The SMILES string of the molecule is Cc1cc(C)c2c(-n3cccc3)c(C(=O)Nc3ccc(F)cc3F)sc2n1. The zero-order valence-corrected chi connectivity index (χ0v) is 15.4. The van der Waals surface area contributed by atoms with Crippen LogP contribution in [0.4, 0.5) is 14.5 Å². The molecule has 0 saturated carbocycles. The van der Waals surface area contributed by atoms with Crippen molar-refractivity contribution in [1.82, 2.24) is 9.55 Å². The molecule has 4 rings (SSSR count). The summed E-state index contributed by atoms with van der Waals surface area (Å²) in [6.45, 7) is 3.87. The summed E-state index contributed by atoms with van der Waals surface area (Å²) in [5, 5.41) is 3.42. The fourth-order valence-corrected chi connectivity index (χ4v) is 4.27. The van der Waals surface area contributed by atoms with E-state index in [2.05, 4.69) is 10.3 Å². The number of nitrogens with one attached hydrogen (secondary N) is 1. The van der Waals surface area contributed by atoms with Gasteiger partial charge in [0.1, 0.15) is 21.3 Å². The van der Waals surface area contributed by atoms with Gasteiger partial charge in [-0.15, -0.1) is 11.3 Å². The molecule has 7 heteroatoms. The summed E-state index contributed by atoms with van der Waals surface area (Å²) >= 11 is 1.25. The zero-order valence-electron chi connectivity index (χ0n) is 14.6. The highest BCUT2D eigenvalue weighted by molar-refractivity contribution is 7.21. The highest BCUT2D eigenvalue weighted by Crippen LogP contribution is 2.36. The molecule has 0 atom stereocenters. The lowest BCUT2D eigenvalue weighted by molar-refractivity contribution is 0.103. The minimum atomic E-state index is -0.822. The Balaban J connectivity index is 1.86. The Labute approximate surface area is 158 Å². The minimum Gasteiger partial charge on any atom is -0.322 e. The van der Waals surface area contributed by atoms with Crippen LogP contribution in [-0.4, -0.2) is 15.5 Å². The molecule has 1 aromatic carbocycles. The molecule has 0 aliphatic carbocycles. The van der Waals surface area contributed by atoms with Crippen LogP contribution >= 0.6 is 11.3 Å². The maximum atomic E-state index is 14.0. The number of hydrogen-bond donors (Lipinski definition) is 1. The predicted molar refractivity (Wildman–Crippen MR) is 103 cm³/mol. The molecule has 0 radical (unpaired) electrons. The van der Waals surface area contributed by atoms with E-state index in [0.29, 0.717) is 10.6 Å². The summed E-state index contributed by atoms with van der Waals surface area (Å²) in [5.41, 5.74) is 2.49. The van der Waals surface area contributed by atoms with Gasteiger partial charge in [-0.25, -0.2) is 13.8 Å². The second-order valence-electron chi connectivity index (χ2n) is 6.21. The van der Waals surface area contributed by atoms with Crippen molar-refractivity contribution < 1.29 is 13.6 Å². The van der Waals surface area contributed by atoms with Crippen LogP contribution in [0.15, 0.2) is 48.8 Å². The van der Waals surface area contributed by atoms with E-state index in [9.17, 15) is 13.6 Å². The molecule has 27 heavy (non-hydrogen) atoms. The number of halogens is 2. The second-order valence-corrected chi connectivity index (χ2v) is 7.21. The van der Waals surface area contributed by atoms with Crippen LogP contribution in [0.25, 0.3) is 15.9 Å². The van der Waals surface area contributed by atoms with Gasteiger partial charge in [0.2, 0.25) is 0 Å². The number of carbonyl (C=O) groups excluding carboxylic acids is 1. The minimum absolute atomic E-state index is 0.0711. The van der Waals surface area contributed by atoms with Gasteiger partial charge in [0.05, 0.1) is 11.4 Å². The van der Waals surface area contributed by atoms with E-state index in [1.807, 2.05) is 49.0 Å². The van der Waals surface area contributed by atoms with E-state index in [-0.39, 0.29) is 5.69 Å². The van der Waals surface area contributed by atoms with Crippen molar-refractivity contribution >= 4 is 33.1 Å². The molecule has 0 spiro atoms. The summed E-state index contributed by atoms with van der Waals surface area (Å²) in [5.74, 6) is -1.99. The number of nitrogens with zero attached hydrogens (tertiary/aromatic N) is 2. The van der Waals surface area contributed by atoms with Crippen LogP contribution in [-0.2, 0) is 0 Å². The maximum absolute atomic E-state index is 14.0. The number of aromatic nitrogens is 2. The molecule has 0 unspecified atom stereocenters. The van der Waals surface area contributed by atoms with Gasteiger partial charge in [-0.3, -0.25) is 4.79 Å². The molecule has 0 saturated heterocycles. The molecule has 0 fully saturated rings. The van der Waals surface area contributed by atoms with E-state index < -0.39 is 17.5 Å². The van der Waals surface area contributed by atoms with Crippen LogP contribution in [0.3, 0.4) is 0 Å². The molecule has 4 nitrogen and oxygen atoms in total. The largest absolute Gasteiger partial charge is 0.322 e. The average molecular weight is 383 g/mol. The van der Waals surface area contributed by atoms with Crippen molar-refractivity contribution in [2.24, 2.45) is 0 Å². The van der Waals surface area contributed by atoms with Crippen LogP contribution < -0.4 is 5.32 Å². The standard InChI is InChI=1S/C20H15F2N3OS/c1-11-9-12(2)23-20-16(11)17(25-7-3-4-8-25)18(27-20)19(26)24-15-6-5-13(21)10-14(15)22/h3-10H,1-2H3,(H,24,26). The lowest BCUT2D eigenvalue weighted by atomic mass is 10.1. The van der Waals surface area contributed by atoms with Crippen LogP contribution in [0.1, 0.15) is 20.9 Å². The predicted octanol–water partition coefficient (Wildman–Crippen LogP) is 5.23. The summed E-state index contributed by atoms with van der Waals surface area (Å²) in [6, 6.07) is 8.74. The van der Waals surface area contributed by atoms with Crippen molar-refractivity contribution in [3.63, 3.8) is 0 Å². The Morgan fingerprint density at radius 2 is 1.89 bits per heavy atom. The first-order valence-corrected chi connectivity index (χ1v) is 9.06. The van der Waals surface area contributed by atoms with E-state index in [1.165, 1.54) is 17.4 Å². The number of anilines is 1. The van der Waals surface area contributed by atoms with Gasteiger partial charge in [0.15, 0.2) is 0 Å². The average Bonchev–Trinajstić information content (AvgIpc) is 3.24. The van der Waals surface area contributed by atoms with Crippen molar-refractivity contribution in [2.75, 3.05) is 5.32 Å². The Hall–Kier alpha value is -3.06. The summed E-state index contributed by atoms with van der Waals surface area (Å²) in [7, 11) is 0. The third kappa shape index (κ3) is 3.10. The van der Waals surface area contributed by atoms with Gasteiger partial charge in [-0.1, -0.05) is 0 Å². The normalized spacial score (nSPS) is 11.1. The van der Waals surface area contributed by atoms with E-state index in [4.69, 9.17) is 0 Å². The summed E-state index contributed by atoms with van der Waals surface area (Å²) in [4.78, 5) is 18.6. The second kappa shape index (κ2) is 6.59. The highest BCUT2D eigenvalue weighted by atomic mass is 32.1. The van der Waals surface area contributed by atoms with Crippen LogP contribution in [0.5, 0.6) is 0 Å². The molecule has 3 heterocycles. The number of benzene rings is 1. The Kier molecular flexibility index (Phi) is 4.24. The molecule has 0 aliphatic heterocycles. The van der Waals surface area contributed by atoms with E-state index in [0.717, 1.165) is 33.6 Å². The van der Waals surface area contributed by atoms with Gasteiger partial charge < -0.3 is 9.88 Å². The van der Waals surface area contributed by atoms with Crippen molar-refractivity contribution in [3.8, 4) is 5.69 Å². The number of carbonyl (C=O) groups is 1. The number of aryl methyl sites for hydroxylation is 2. The molecular weight excluding hydrogens is 368 g/mol. The first-order chi connectivity index (χ1) is 12.9. The number of thiophene rings is 1. The smallest absolute Gasteiger partial charge is 0.268 e. The molecular formula is C20H15F2N3OS. The monoisotopic (exact) mass is 383 g/mol. The maximum Gasteiger partial charge on any atom is 0.268 e. The number of pyridine rings is 1. The summed E-state index contributed by atoms with van der Waals surface area (Å²) < 4.78 is 28.9. The van der Waals surface area contributed by atoms with Crippen molar-refractivity contribution in [3.05, 3.63) is 76.6 Å². The Morgan fingerprint density at radius 3 is 2.59 bits per heavy atom. The number of amides is 1. The van der Waals surface area contributed by atoms with Gasteiger partial charge >= 0.3 is 0 Å². The first-order valence-electron chi connectivity index (χ1n) is 8.24. The van der Waals surface area contributed by atoms with Gasteiger partial charge in [-0.2, -0.15) is 0 Å². The molecule has 0 aliphatic rings. The molecule has 1 N–H and O–H groups in total. The van der Waals surface area contributed by atoms with E-state index >= 15 is 0 Å². The number of hydrogen-bond acceptors (Lipinski definition) is 3. The van der Waals surface area contributed by atoms with Gasteiger partial charge in [0.25, 0.3) is 5.91 Å². The van der Waals surface area contributed by atoms with Crippen molar-refractivity contribution in [1.29, 1.82) is 0 Å². The van der Waals surface area contributed by atoms with Gasteiger partial charge in [-0.05, 0) is 49.7 Å². The third-order valence-corrected chi connectivity index (χ3v) is 5.28. The summed E-state index contributed by atoms with van der Waals surface area (Å²) in [6.07, 6.45) is 3.69. The van der Waals surface area contributed by atoms with Crippen molar-refractivity contribution in [2.45, 2.75) is 13.8 Å². The molecule has 0 bridgehead atoms. The van der Waals surface area contributed by atoms with Crippen LogP contribution in [0, 0.1) is 25.5 Å². The number of fused-ring (bicyclic) bond motifs is 1. The molecule has 1 amide bonds. The third-order valence-electron chi connectivity index (χ3n) is 4.21.